The van der Waals surface area contributed by atoms with Gasteiger partial charge in [0.25, 0.3) is 11.6 Å². The number of hydrogen-bond acceptors (Lipinski definition) is 6. The van der Waals surface area contributed by atoms with Gasteiger partial charge in [-0.3, -0.25) is 14.9 Å². The SMILES string of the molecule is C=CCc1cc(/C=C(/C#N)C(=O)Nc2ccc(C)c(Cl)c2)cc(OC)c1OCc1cccc([N+](=O)[O-])c1. The molecule has 0 fully saturated rings. The molecule has 8 nitrogen and oxygen atoms in total. The summed E-state index contributed by atoms with van der Waals surface area (Å²) in [5.41, 5.74) is 3.05. The number of nitro benzene ring substituents is 1. The number of nitrogens with one attached hydrogen (secondary N) is 1. The molecule has 9 heteroatoms. The molecule has 0 aliphatic rings. The number of aryl methyl sites for hydroxylation is 1. The molecule has 0 radical (unpaired) electrons. The van der Waals surface area contributed by atoms with Gasteiger partial charge in [-0.15, -0.1) is 6.58 Å². The topological polar surface area (TPSA) is 114 Å². The van der Waals surface area contributed by atoms with Crippen molar-refractivity contribution in [3.8, 4) is 17.6 Å². The first-order valence-electron chi connectivity index (χ1n) is 11.1. The van der Waals surface area contributed by atoms with Crippen LogP contribution in [0.2, 0.25) is 5.02 Å². The molecule has 0 spiro atoms. The Labute approximate surface area is 219 Å². The molecule has 1 amide bonds. The zero-order valence-electron chi connectivity index (χ0n) is 20.3. The first-order valence-corrected chi connectivity index (χ1v) is 11.5. The number of non-ortho nitro benzene ring substituents is 1. The Morgan fingerprint density at radius 3 is 2.68 bits per heavy atom. The van der Waals surface area contributed by atoms with E-state index < -0.39 is 10.8 Å². The summed E-state index contributed by atoms with van der Waals surface area (Å²) in [4.78, 5) is 23.3. The number of nitro groups is 1. The van der Waals surface area contributed by atoms with Crippen molar-refractivity contribution >= 4 is 35.0 Å². The number of benzene rings is 3. The lowest BCUT2D eigenvalue weighted by Gasteiger charge is -2.16. The maximum atomic E-state index is 12.7. The number of allylic oxidation sites excluding steroid dienone is 1. The van der Waals surface area contributed by atoms with E-state index in [9.17, 15) is 20.2 Å². The Hall–Kier alpha value is -4.61. The molecule has 0 aromatic heterocycles. The molecule has 3 rings (SSSR count). The van der Waals surface area contributed by atoms with Gasteiger partial charge in [0, 0.05) is 28.4 Å². The largest absolute Gasteiger partial charge is 0.493 e. The number of carbonyl (C=O) groups is 1. The summed E-state index contributed by atoms with van der Waals surface area (Å²) in [6.45, 7) is 5.70. The minimum Gasteiger partial charge on any atom is -0.493 e. The molecular weight excluding hydrogens is 494 g/mol. The van der Waals surface area contributed by atoms with Crippen molar-refractivity contribution in [2.75, 3.05) is 12.4 Å². The molecular formula is C28H24ClN3O5. The van der Waals surface area contributed by atoms with Gasteiger partial charge in [0.15, 0.2) is 11.5 Å². The molecule has 0 aliphatic heterocycles. The van der Waals surface area contributed by atoms with Crippen LogP contribution >= 0.6 is 11.6 Å². The van der Waals surface area contributed by atoms with Crippen LogP contribution in [0.25, 0.3) is 6.08 Å². The van der Waals surface area contributed by atoms with Crippen molar-refractivity contribution in [3.05, 3.63) is 110 Å². The normalized spacial score (nSPS) is 10.8. The van der Waals surface area contributed by atoms with Gasteiger partial charge in [-0.2, -0.15) is 5.26 Å². The van der Waals surface area contributed by atoms with E-state index in [0.717, 1.165) is 5.56 Å². The van der Waals surface area contributed by atoms with E-state index in [1.54, 1.807) is 48.5 Å². The fourth-order valence-electron chi connectivity index (χ4n) is 3.49. The molecule has 0 aliphatic carbocycles. The number of amides is 1. The van der Waals surface area contributed by atoms with Crippen molar-refractivity contribution < 1.29 is 19.2 Å². The quantitative estimate of drug-likeness (QED) is 0.109. The van der Waals surface area contributed by atoms with Crippen LogP contribution < -0.4 is 14.8 Å². The van der Waals surface area contributed by atoms with E-state index in [2.05, 4.69) is 11.9 Å². The van der Waals surface area contributed by atoms with E-state index >= 15 is 0 Å². The van der Waals surface area contributed by atoms with Crippen LogP contribution in [0.15, 0.2) is 72.8 Å². The van der Waals surface area contributed by atoms with Crippen LogP contribution in [-0.4, -0.2) is 17.9 Å². The molecule has 0 atom stereocenters. The Kier molecular flexibility index (Phi) is 9.03. The van der Waals surface area contributed by atoms with Crippen LogP contribution in [0.4, 0.5) is 11.4 Å². The van der Waals surface area contributed by atoms with Gasteiger partial charge in [-0.1, -0.05) is 35.9 Å². The van der Waals surface area contributed by atoms with Crippen molar-refractivity contribution in [2.45, 2.75) is 20.0 Å². The van der Waals surface area contributed by atoms with E-state index in [0.29, 0.717) is 45.3 Å². The molecule has 0 saturated carbocycles. The van der Waals surface area contributed by atoms with Gasteiger partial charge in [0.05, 0.1) is 12.0 Å². The number of carbonyl (C=O) groups excluding carboxylic acids is 1. The summed E-state index contributed by atoms with van der Waals surface area (Å²) in [6.07, 6.45) is 3.55. The van der Waals surface area contributed by atoms with Crippen LogP contribution in [0.1, 0.15) is 22.3 Å². The summed E-state index contributed by atoms with van der Waals surface area (Å²) in [5.74, 6) is 0.222. The summed E-state index contributed by atoms with van der Waals surface area (Å²) in [7, 11) is 1.47. The summed E-state index contributed by atoms with van der Waals surface area (Å²) in [5, 5.41) is 23.9. The Balaban J connectivity index is 1.90. The summed E-state index contributed by atoms with van der Waals surface area (Å²) >= 11 is 6.13. The third-order valence-electron chi connectivity index (χ3n) is 5.35. The molecule has 0 saturated heterocycles. The molecule has 37 heavy (non-hydrogen) atoms. The lowest BCUT2D eigenvalue weighted by atomic mass is 10.0. The van der Waals surface area contributed by atoms with Gasteiger partial charge < -0.3 is 14.8 Å². The standard InChI is InChI=1S/C28H24ClN3O5/c1-4-6-21-11-20(12-22(16-30)28(33)31-23-10-9-18(2)25(29)15-23)14-26(36-3)27(21)37-17-19-7-5-8-24(13-19)32(34)35/h4-5,7-15H,1,6,17H2,2-3H3,(H,31,33)/b22-12-. The highest BCUT2D eigenvalue weighted by Gasteiger charge is 2.16. The number of methoxy groups -OCH3 is 1. The molecule has 0 unspecified atom stereocenters. The Morgan fingerprint density at radius 2 is 2.03 bits per heavy atom. The third kappa shape index (κ3) is 6.97. The van der Waals surface area contributed by atoms with Crippen LogP contribution in [-0.2, 0) is 17.8 Å². The van der Waals surface area contributed by atoms with Crippen molar-refractivity contribution in [1.29, 1.82) is 5.26 Å². The second kappa shape index (κ2) is 12.4. The van der Waals surface area contributed by atoms with E-state index in [1.807, 2.05) is 13.0 Å². The van der Waals surface area contributed by atoms with E-state index in [-0.39, 0.29) is 17.9 Å². The second-order valence-corrected chi connectivity index (χ2v) is 8.42. The monoisotopic (exact) mass is 517 g/mol. The minimum absolute atomic E-state index is 0.0323. The van der Waals surface area contributed by atoms with Gasteiger partial charge >= 0.3 is 0 Å². The number of halogens is 1. The highest BCUT2D eigenvalue weighted by Crippen LogP contribution is 2.35. The van der Waals surface area contributed by atoms with E-state index in [1.165, 1.54) is 25.3 Å². The van der Waals surface area contributed by atoms with Crippen LogP contribution in [0, 0.1) is 28.4 Å². The van der Waals surface area contributed by atoms with Crippen LogP contribution in [0.5, 0.6) is 11.5 Å². The third-order valence-corrected chi connectivity index (χ3v) is 5.76. The fraction of sp³-hybridized carbons (Fsp3) is 0.143. The van der Waals surface area contributed by atoms with E-state index in [4.69, 9.17) is 21.1 Å². The maximum absolute atomic E-state index is 12.7. The predicted molar refractivity (Wildman–Crippen MR) is 143 cm³/mol. The molecule has 0 heterocycles. The average Bonchev–Trinajstić information content (AvgIpc) is 2.88. The van der Waals surface area contributed by atoms with Gasteiger partial charge in [0.2, 0.25) is 0 Å². The molecule has 3 aromatic carbocycles. The summed E-state index contributed by atoms with van der Waals surface area (Å²) < 4.78 is 11.5. The Morgan fingerprint density at radius 1 is 1.24 bits per heavy atom. The average molecular weight is 518 g/mol. The maximum Gasteiger partial charge on any atom is 0.269 e. The number of nitriles is 1. The van der Waals surface area contributed by atoms with Crippen molar-refractivity contribution in [2.24, 2.45) is 0 Å². The lowest BCUT2D eigenvalue weighted by molar-refractivity contribution is -0.384. The molecule has 3 aromatic rings. The van der Waals surface area contributed by atoms with Crippen molar-refractivity contribution in [3.63, 3.8) is 0 Å². The second-order valence-electron chi connectivity index (χ2n) is 8.01. The van der Waals surface area contributed by atoms with Gasteiger partial charge in [0.1, 0.15) is 18.2 Å². The number of anilines is 1. The molecule has 0 bridgehead atoms. The highest BCUT2D eigenvalue weighted by molar-refractivity contribution is 6.31. The minimum atomic E-state index is -0.586. The fourth-order valence-corrected chi connectivity index (χ4v) is 3.67. The summed E-state index contributed by atoms with van der Waals surface area (Å²) in [6, 6.07) is 16.6. The zero-order chi connectivity index (χ0) is 26.9. The number of rotatable bonds is 10. The first-order chi connectivity index (χ1) is 17.7. The Bertz CT molecular complexity index is 1430. The van der Waals surface area contributed by atoms with Gasteiger partial charge in [-0.05, 0) is 60.4 Å². The van der Waals surface area contributed by atoms with Gasteiger partial charge in [-0.25, -0.2) is 0 Å². The zero-order valence-corrected chi connectivity index (χ0v) is 21.0. The van der Waals surface area contributed by atoms with Crippen molar-refractivity contribution in [1.82, 2.24) is 0 Å². The highest BCUT2D eigenvalue weighted by atomic mass is 35.5. The van der Waals surface area contributed by atoms with Crippen LogP contribution in [0.3, 0.4) is 0 Å². The number of ether oxygens (including phenoxy) is 2. The number of hydrogen-bond donors (Lipinski definition) is 1. The first kappa shape index (κ1) is 27.0. The number of nitrogens with zero attached hydrogens (tertiary/aromatic N) is 2. The lowest BCUT2D eigenvalue weighted by Crippen LogP contribution is -2.13. The molecule has 1 N–H and O–H groups in total. The predicted octanol–water partition coefficient (Wildman–Crippen LogP) is 6.42. The molecule has 188 valence electrons. The smallest absolute Gasteiger partial charge is 0.269 e.